The molecule has 0 unspecified atom stereocenters. The second kappa shape index (κ2) is 8.41. The Hall–Kier alpha value is -0.887. The van der Waals surface area contributed by atoms with Gasteiger partial charge in [-0.15, -0.1) is 0 Å². The first-order valence-electron chi connectivity index (χ1n) is 6.92. The van der Waals surface area contributed by atoms with Gasteiger partial charge in [0.1, 0.15) is 11.3 Å². The molecule has 1 N–H and O–H groups in total. The molecular formula is C16H24O3Zn. The van der Waals surface area contributed by atoms with Gasteiger partial charge in [0, 0.05) is 19.5 Å². The molecule has 4 heteroatoms. The Balaban J connectivity index is 0.00000361. The average molecular weight is 330 g/mol. The number of ether oxygens (including phenoxy) is 1. The van der Waals surface area contributed by atoms with E-state index in [-0.39, 0.29) is 31.0 Å². The summed E-state index contributed by atoms with van der Waals surface area (Å²) in [7, 11) is 0. The molecule has 0 bridgehead atoms. The minimum atomic E-state index is -0.921. The normalized spacial score (nSPS) is 10.6. The zero-order chi connectivity index (χ0) is 14.6. The molecule has 108 valence electrons. The molecule has 0 spiro atoms. The van der Waals surface area contributed by atoms with Crippen LogP contribution in [0.2, 0.25) is 0 Å². The zero-order valence-corrected chi connectivity index (χ0v) is 16.2. The molecule has 1 rings (SSSR count). The van der Waals surface area contributed by atoms with Crippen molar-refractivity contribution in [2.45, 2.75) is 52.9 Å². The van der Waals surface area contributed by atoms with E-state index in [1.54, 1.807) is 6.07 Å². The summed E-state index contributed by atoms with van der Waals surface area (Å²) >= 11 is 0. The molecule has 0 aliphatic rings. The van der Waals surface area contributed by atoms with Gasteiger partial charge >= 0.3 is 5.97 Å². The van der Waals surface area contributed by atoms with Crippen molar-refractivity contribution < 1.29 is 34.1 Å². The van der Waals surface area contributed by atoms with Gasteiger partial charge in [0.15, 0.2) is 0 Å². The van der Waals surface area contributed by atoms with Gasteiger partial charge in [-0.05, 0) is 35.4 Å². The Morgan fingerprint density at radius 2 is 1.80 bits per heavy atom. The van der Waals surface area contributed by atoms with Crippen molar-refractivity contribution in [1.29, 1.82) is 0 Å². The molecule has 0 aliphatic carbocycles. The second-order valence-corrected chi connectivity index (χ2v) is 5.45. The SMILES string of the molecule is CCCOc1c(C(=O)O)cc(C(C)C)cc1C(C)C.[Zn]. The molecular weight excluding hydrogens is 306 g/mol. The minimum absolute atomic E-state index is 0. The quantitative estimate of drug-likeness (QED) is 0.786. The van der Waals surface area contributed by atoms with Crippen LogP contribution in [0.15, 0.2) is 12.1 Å². The molecule has 0 saturated heterocycles. The fourth-order valence-corrected chi connectivity index (χ4v) is 1.96. The number of benzene rings is 1. The van der Waals surface area contributed by atoms with Crippen molar-refractivity contribution in [3.63, 3.8) is 0 Å². The number of aromatic carboxylic acids is 1. The van der Waals surface area contributed by atoms with Gasteiger partial charge in [-0.1, -0.05) is 40.7 Å². The average Bonchev–Trinajstić information content (AvgIpc) is 2.34. The van der Waals surface area contributed by atoms with Crippen molar-refractivity contribution >= 4 is 5.97 Å². The van der Waals surface area contributed by atoms with E-state index >= 15 is 0 Å². The van der Waals surface area contributed by atoms with Gasteiger partial charge in [-0.3, -0.25) is 0 Å². The van der Waals surface area contributed by atoms with E-state index < -0.39 is 5.97 Å². The summed E-state index contributed by atoms with van der Waals surface area (Å²) in [4.78, 5) is 11.5. The van der Waals surface area contributed by atoms with Crippen LogP contribution in [0.4, 0.5) is 0 Å². The van der Waals surface area contributed by atoms with E-state index in [0.717, 1.165) is 17.5 Å². The number of carboxylic acid groups (broad SMARTS) is 1. The van der Waals surface area contributed by atoms with Gasteiger partial charge in [-0.25, -0.2) is 4.79 Å². The number of rotatable bonds is 6. The third-order valence-electron chi connectivity index (χ3n) is 3.11. The van der Waals surface area contributed by atoms with Crippen LogP contribution < -0.4 is 4.74 Å². The molecule has 0 fully saturated rings. The molecule has 0 radical (unpaired) electrons. The standard InChI is InChI=1S/C16H24O3.Zn/c1-6-7-19-15-13(11(4)5)8-12(10(2)3)9-14(15)16(17)18;/h8-11H,6-7H2,1-5H3,(H,17,18);. The Morgan fingerprint density at radius 3 is 2.20 bits per heavy atom. The van der Waals surface area contributed by atoms with E-state index in [4.69, 9.17) is 4.74 Å². The summed E-state index contributed by atoms with van der Waals surface area (Å²) in [5.41, 5.74) is 2.31. The molecule has 3 nitrogen and oxygen atoms in total. The van der Waals surface area contributed by atoms with Crippen LogP contribution in [0.1, 0.15) is 74.4 Å². The zero-order valence-electron chi connectivity index (χ0n) is 13.2. The van der Waals surface area contributed by atoms with Gasteiger partial charge in [0.2, 0.25) is 0 Å². The third kappa shape index (κ3) is 4.59. The maximum Gasteiger partial charge on any atom is 0.339 e. The van der Waals surface area contributed by atoms with E-state index in [1.807, 2.05) is 6.92 Å². The number of carbonyl (C=O) groups is 1. The molecule has 0 aliphatic heterocycles. The summed E-state index contributed by atoms with van der Waals surface area (Å²) < 4.78 is 5.69. The van der Waals surface area contributed by atoms with Crippen LogP contribution in [0, 0.1) is 0 Å². The number of hydrogen-bond donors (Lipinski definition) is 1. The monoisotopic (exact) mass is 328 g/mol. The molecule has 1 aromatic rings. The Morgan fingerprint density at radius 1 is 1.20 bits per heavy atom. The van der Waals surface area contributed by atoms with Crippen LogP contribution >= 0.6 is 0 Å². The van der Waals surface area contributed by atoms with Crippen molar-refractivity contribution in [3.8, 4) is 5.75 Å². The first kappa shape index (κ1) is 19.1. The Kier molecular flexibility index (Phi) is 8.04. The summed E-state index contributed by atoms with van der Waals surface area (Å²) in [5.74, 6) is 0.156. The first-order chi connectivity index (χ1) is 8.88. The van der Waals surface area contributed by atoms with Crippen LogP contribution in [-0.4, -0.2) is 17.7 Å². The summed E-state index contributed by atoms with van der Waals surface area (Å²) in [6.07, 6.45) is 0.864. The largest absolute Gasteiger partial charge is 0.492 e. The molecule has 0 aromatic heterocycles. The van der Waals surface area contributed by atoms with Crippen molar-refractivity contribution in [3.05, 3.63) is 28.8 Å². The smallest absolute Gasteiger partial charge is 0.339 e. The fraction of sp³-hybridized carbons (Fsp3) is 0.562. The maximum absolute atomic E-state index is 11.5. The first-order valence-corrected chi connectivity index (χ1v) is 6.92. The second-order valence-electron chi connectivity index (χ2n) is 5.45. The molecule has 0 amide bonds. The van der Waals surface area contributed by atoms with E-state index in [2.05, 4.69) is 33.8 Å². The third-order valence-corrected chi connectivity index (χ3v) is 3.11. The number of hydrogen-bond acceptors (Lipinski definition) is 2. The van der Waals surface area contributed by atoms with E-state index in [1.165, 1.54) is 0 Å². The molecule has 0 atom stereocenters. The molecule has 0 heterocycles. The van der Waals surface area contributed by atoms with Crippen LogP contribution in [0.5, 0.6) is 5.75 Å². The van der Waals surface area contributed by atoms with Crippen molar-refractivity contribution in [2.75, 3.05) is 6.61 Å². The predicted octanol–water partition coefficient (Wildman–Crippen LogP) is 4.42. The van der Waals surface area contributed by atoms with Gasteiger partial charge in [-0.2, -0.15) is 0 Å². The van der Waals surface area contributed by atoms with Gasteiger partial charge in [0.05, 0.1) is 6.61 Å². The summed E-state index contributed by atoms with van der Waals surface area (Å²) in [5, 5.41) is 9.40. The van der Waals surface area contributed by atoms with E-state index in [9.17, 15) is 9.90 Å². The van der Waals surface area contributed by atoms with Crippen molar-refractivity contribution in [2.24, 2.45) is 0 Å². The van der Waals surface area contributed by atoms with Crippen LogP contribution in [0.3, 0.4) is 0 Å². The predicted molar refractivity (Wildman–Crippen MR) is 77.4 cm³/mol. The maximum atomic E-state index is 11.5. The molecule has 0 saturated carbocycles. The van der Waals surface area contributed by atoms with Crippen LogP contribution in [0.25, 0.3) is 0 Å². The topological polar surface area (TPSA) is 46.5 Å². The summed E-state index contributed by atoms with van der Waals surface area (Å²) in [6, 6.07) is 3.82. The Labute approximate surface area is 134 Å². The van der Waals surface area contributed by atoms with Gasteiger partial charge < -0.3 is 9.84 Å². The molecule has 20 heavy (non-hydrogen) atoms. The Bertz CT molecular complexity index is 453. The minimum Gasteiger partial charge on any atom is -0.492 e. The fourth-order valence-electron chi connectivity index (χ4n) is 1.96. The van der Waals surface area contributed by atoms with Gasteiger partial charge in [0.25, 0.3) is 0 Å². The number of carboxylic acids is 1. The molecule has 1 aromatic carbocycles. The summed E-state index contributed by atoms with van der Waals surface area (Å²) in [6.45, 7) is 10.8. The van der Waals surface area contributed by atoms with Crippen LogP contribution in [-0.2, 0) is 19.5 Å². The van der Waals surface area contributed by atoms with Crippen molar-refractivity contribution in [1.82, 2.24) is 0 Å². The van der Waals surface area contributed by atoms with E-state index in [0.29, 0.717) is 18.3 Å².